The fourth-order valence-electron chi connectivity index (χ4n) is 1.58. The fourth-order valence-corrected chi connectivity index (χ4v) is 2.40. The topological polar surface area (TPSA) is 33.1 Å². The second-order valence-corrected chi connectivity index (χ2v) is 4.43. The molecule has 2 rings (SSSR count). The van der Waals surface area contributed by atoms with E-state index in [4.69, 9.17) is 0 Å². The van der Waals surface area contributed by atoms with E-state index in [-0.39, 0.29) is 12.5 Å². The standard InChI is InChI=1S/C12H13NOS/c14-9-11(12-2-1-7-15-12)8-10-3-5-13-6-4-10/h1-7,11,14H,8-9H2. The quantitative estimate of drug-likeness (QED) is 0.857. The molecule has 0 saturated heterocycles. The monoisotopic (exact) mass is 219 g/mol. The molecule has 1 N–H and O–H groups in total. The molecule has 0 aliphatic carbocycles. The molecule has 0 aromatic carbocycles. The van der Waals surface area contributed by atoms with Crippen LogP contribution in [0.2, 0.25) is 0 Å². The van der Waals surface area contributed by atoms with Crippen molar-refractivity contribution >= 4 is 11.3 Å². The number of nitrogens with zero attached hydrogens (tertiary/aromatic N) is 1. The van der Waals surface area contributed by atoms with Crippen LogP contribution in [-0.4, -0.2) is 16.7 Å². The van der Waals surface area contributed by atoms with E-state index in [2.05, 4.69) is 11.1 Å². The first-order chi connectivity index (χ1) is 7.40. The molecule has 1 unspecified atom stereocenters. The summed E-state index contributed by atoms with van der Waals surface area (Å²) in [5.74, 6) is 0.215. The summed E-state index contributed by atoms with van der Waals surface area (Å²) in [6.45, 7) is 0.197. The van der Waals surface area contributed by atoms with Crippen LogP contribution in [0.15, 0.2) is 42.0 Å². The predicted molar refractivity (Wildman–Crippen MR) is 62.1 cm³/mol. The number of hydrogen-bond acceptors (Lipinski definition) is 3. The maximum atomic E-state index is 9.35. The van der Waals surface area contributed by atoms with Crippen LogP contribution in [-0.2, 0) is 6.42 Å². The van der Waals surface area contributed by atoms with Crippen molar-refractivity contribution in [2.24, 2.45) is 0 Å². The second kappa shape index (κ2) is 5.05. The average Bonchev–Trinajstić information content (AvgIpc) is 2.81. The predicted octanol–water partition coefficient (Wildman–Crippen LogP) is 2.46. The van der Waals surface area contributed by atoms with E-state index in [1.54, 1.807) is 23.7 Å². The third kappa shape index (κ3) is 2.64. The summed E-state index contributed by atoms with van der Waals surface area (Å²) in [7, 11) is 0. The van der Waals surface area contributed by atoms with E-state index in [0.717, 1.165) is 6.42 Å². The van der Waals surface area contributed by atoms with E-state index >= 15 is 0 Å². The summed E-state index contributed by atoms with van der Waals surface area (Å²) < 4.78 is 0. The summed E-state index contributed by atoms with van der Waals surface area (Å²) in [5, 5.41) is 11.4. The second-order valence-electron chi connectivity index (χ2n) is 3.45. The zero-order valence-electron chi connectivity index (χ0n) is 8.34. The van der Waals surface area contributed by atoms with Crippen molar-refractivity contribution in [1.29, 1.82) is 0 Å². The lowest BCUT2D eigenvalue weighted by molar-refractivity contribution is 0.266. The minimum absolute atomic E-state index is 0.197. The summed E-state index contributed by atoms with van der Waals surface area (Å²) in [5.41, 5.74) is 1.22. The van der Waals surface area contributed by atoms with Gasteiger partial charge in [-0.3, -0.25) is 4.98 Å². The van der Waals surface area contributed by atoms with Gasteiger partial charge in [-0.2, -0.15) is 0 Å². The molecule has 2 nitrogen and oxygen atoms in total. The van der Waals surface area contributed by atoms with Gasteiger partial charge < -0.3 is 5.11 Å². The smallest absolute Gasteiger partial charge is 0.0510 e. The van der Waals surface area contributed by atoms with Gasteiger partial charge in [-0.25, -0.2) is 0 Å². The van der Waals surface area contributed by atoms with Crippen LogP contribution in [0, 0.1) is 0 Å². The SMILES string of the molecule is OCC(Cc1ccncc1)c1cccs1. The molecular weight excluding hydrogens is 206 g/mol. The Morgan fingerprint density at radius 1 is 1.27 bits per heavy atom. The van der Waals surface area contributed by atoms with Crippen LogP contribution in [0.1, 0.15) is 16.4 Å². The molecule has 0 spiro atoms. The highest BCUT2D eigenvalue weighted by Gasteiger charge is 2.11. The first kappa shape index (κ1) is 10.3. The molecule has 1 atom stereocenters. The van der Waals surface area contributed by atoms with E-state index in [9.17, 15) is 5.11 Å². The fraction of sp³-hybridized carbons (Fsp3) is 0.250. The number of pyridine rings is 1. The molecular formula is C12H13NOS. The van der Waals surface area contributed by atoms with Crippen molar-refractivity contribution in [2.45, 2.75) is 12.3 Å². The Hall–Kier alpha value is -1.19. The van der Waals surface area contributed by atoms with Crippen LogP contribution in [0.25, 0.3) is 0 Å². The lowest BCUT2D eigenvalue weighted by Crippen LogP contribution is -2.05. The zero-order chi connectivity index (χ0) is 10.5. The maximum absolute atomic E-state index is 9.35. The lowest BCUT2D eigenvalue weighted by Gasteiger charge is -2.11. The molecule has 0 fully saturated rings. The van der Waals surface area contributed by atoms with E-state index < -0.39 is 0 Å². The van der Waals surface area contributed by atoms with Gasteiger partial charge in [0.05, 0.1) is 6.61 Å². The van der Waals surface area contributed by atoms with Gasteiger partial charge in [-0.05, 0) is 35.6 Å². The number of thiophene rings is 1. The Bertz CT molecular complexity index is 385. The molecule has 15 heavy (non-hydrogen) atoms. The van der Waals surface area contributed by atoms with Gasteiger partial charge in [-0.15, -0.1) is 11.3 Å². The van der Waals surface area contributed by atoms with Crippen LogP contribution in [0.4, 0.5) is 0 Å². The van der Waals surface area contributed by atoms with E-state index in [0.29, 0.717) is 0 Å². The van der Waals surface area contributed by atoms with Gasteiger partial charge >= 0.3 is 0 Å². The molecule has 78 valence electrons. The normalized spacial score (nSPS) is 12.6. The molecule has 0 aliphatic rings. The van der Waals surface area contributed by atoms with Crippen LogP contribution < -0.4 is 0 Å². The van der Waals surface area contributed by atoms with Crippen LogP contribution >= 0.6 is 11.3 Å². The number of rotatable bonds is 4. The number of aliphatic hydroxyl groups excluding tert-OH is 1. The largest absolute Gasteiger partial charge is 0.396 e. The van der Waals surface area contributed by atoms with E-state index in [1.165, 1.54) is 10.4 Å². The third-order valence-electron chi connectivity index (χ3n) is 2.40. The van der Waals surface area contributed by atoms with Crippen molar-refractivity contribution < 1.29 is 5.11 Å². The average molecular weight is 219 g/mol. The van der Waals surface area contributed by atoms with Crippen molar-refractivity contribution in [3.63, 3.8) is 0 Å². The number of aliphatic hydroxyl groups is 1. The number of aromatic nitrogens is 1. The Kier molecular flexibility index (Phi) is 3.48. The highest BCUT2D eigenvalue weighted by atomic mass is 32.1. The van der Waals surface area contributed by atoms with Gasteiger partial charge in [0.2, 0.25) is 0 Å². The molecule has 3 heteroatoms. The van der Waals surface area contributed by atoms with Gasteiger partial charge in [0.1, 0.15) is 0 Å². The van der Waals surface area contributed by atoms with Crippen molar-refractivity contribution in [3.05, 3.63) is 52.5 Å². The van der Waals surface area contributed by atoms with Gasteiger partial charge in [-0.1, -0.05) is 6.07 Å². The lowest BCUT2D eigenvalue weighted by atomic mass is 9.99. The van der Waals surface area contributed by atoms with Gasteiger partial charge in [0.25, 0.3) is 0 Å². The molecule has 0 amide bonds. The zero-order valence-corrected chi connectivity index (χ0v) is 9.15. The molecule has 0 bridgehead atoms. The van der Waals surface area contributed by atoms with Crippen LogP contribution in [0.5, 0.6) is 0 Å². The minimum atomic E-state index is 0.197. The van der Waals surface area contributed by atoms with Crippen molar-refractivity contribution in [1.82, 2.24) is 4.98 Å². The molecule has 2 aromatic heterocycles. The van der Waals surface area contributed by atoms with Gasteiger partial charge in [0, 0.05) is 23.2 Å². The molecule has 0 radical (unpaired) electrons. The van der Waals surface area contributed by atoms with Crippen LogP contribution in [0.3, 0.4) is 0 Å². The number of hydrogen-bond donors (Lipinski definition) is 1. The summed E-state index contributed by atoms with van der Waals surface area (Å²) in [6.07, 6.45) is 4.45. The Morgan fingerprint density at radius 3 is 2.67 bits per heavy atom. The molecule has 0 aliphatic heterocycles. The Labute approximate surface area is 93.2 Å². The minimum Gasteiger partial charge on any atom is -0.396 e. The Balaban J connectivity index is 2.10. The Morgan fingerprint density at radius 2 is 2.07 bits per heavy atom. The highest BCUT2D eigenvalue weighted by molar-refractivity contribution is 7.10. The van der Waals surface area contributed by atoms with Crippen molar-refractivity contribution in [2.75, 3.05) is 6.61 Å². The third-order valence-corrected chi connectivity index (χ3v) is 3.43. The van der Waals surface area contributed by atoms with Gasteiger partial charge in [0.15, 0.2) is 0 Å². The van der Waals surface area contributed by atoms with Crippen molar-refractivity contribution in [3.8, 4) is 0 Å². The molecule has 0 saturated carbocycles. The van der Waals surface area contributed by atoms with E-state index in [1.807, 2.05) is 23.6 Å². The summed E-state index contributed by atoms with van der Waals surface area (Å²) in [4.78, 5) is 5.23. The molecule has 2 heterocycles. The maximum Gasteiger partial charge on any atom is 0.0510 e. The summed E-state index contributed by atoms with van der Waals surface area (Å²) in [6, 6.07) is 8.09. The first-order valence-corrected chi connectivity index (χ1v) is 5.81. The first-order valence-electron chi connectivity index (χ1n) is 4.93. The molecule has 2 aromatic rings. The highest BCUT2D eigenvalue weighted by Crippen LogP contribution is 2.24. The summed E-state index contributed by atoms with van der Waals surface area (Å²) >= 11 is 1.70.